The van der Waals surface area contributed by atoms with E-state index in [1.54, 1.807) is 20.8 Å². The average molecular weight is 572 g/mol. The third-order valence-electron chi connectivity index (χ3n) is 7.12. The van der Waals surface area contributed by atoms with Crippen LogP contribution in [0.5, 0.6) is 5.75 Å². The number of hydrogen-bond donors (Lipinski definition) is 0. The number of rotatable bonds is 12. The summed E-state index contributed by atoms with van der Waals surface area (Å²) in [5.74, 6) is -0.795. The summed E-state index contributed by atoms with van der Waals surface area (Å²) in [7, 11) is 1.45. The fourth-order valence-electron chi connectivity index (χ4n) is 4.79. The maximum atomic E-state index is 14.4. The van der Waals surface area contributed by atoms with Crippen molar-refractivity contribution in [2.45, 2.75) is 79.5 Å². The number of ether oxygens (including phenoxy) is 2. The van der Waals surface area contributed by atoms with Gasteiger partial charge in [0, 0.05) is 16.9 Å². The van der Waals surface area contributed by atoms with Crippen LogP contribution in [0.15, 0.2) is 27.8 Å². The van der Waals surface area contributed by atoms with Crippen LogP contribution in [0.1, 0.15) is 70.1 Å². The van der Waals surface area contributed by atoms with Crippen molar-refractivity contribution in [2.75, 3.05) is 13.7 Å². The predicted octanol–water partition coefficient (Wildman–Crippen LogP) is 5.51. The molecular weight excluding hydrogens is 533 g/mol. The summed E-state index contributed by atoms with van der Waals surface area (Å²) in [5.41, 5.74) is -1.44. The number of fused-ring (bicyclic) bond motifs is 1. The number of methoxy groups -OCH3 is 1. The molecule has 216 valence electrons. The van der Waals surface area contributed by atoms with Crippen molar-refractivity contribution >= 4 is 27.3 Å². The van der Waals surface area contributed by atoms with E-state index in [2.05, 4.69) is 6.07 Å². The van der Waals surface area contributed by atoms with Crippen molar-refractivity contribution in [1.29, 1.82) is 5.26 Å². The number of ketones is 1. The molecule has 0 saturated heterocycles. The average Bonchev–Trinajstić information content (AvgIpc) is 3.23. The van der Waals surface area contributed by atoms with E-state index in [1.165, 1.54) is 41.2 Å². The Labute approximate surface area is 238 Å². The highest BCUT2D eigenvalue weighted by atomic mass is 32.1. The quantitative estimate of drug-likeness (QED) is 0.284. The Balaban J connectivity index is 2.35. The smallest absolute Gasteiger partial charge is 0.333 e. The van der Waals surface area contributed by atoms with Crippen molar-refractivity contribution in [2.24, 2.45) is 11.8 Å². The second kappa shape index (κ2) is 12.5. The van der Waals surface area contributed by atoms with Gasteiger partial charge in [-0.3, -0.25) is 14.2 Å². The number of aromatic nitrogens is 2. The van der Waals surface area contributed by atoms with E-state index in [9.17, 15) is 24.0 Å². The zero-order valence-electron chi connectivity index (χ0n) is 24.5. The zero-order chi connectivity index (χ0) is 29.9. The summed E-state index contributed by atoms with van der Waals surface area (Å²) >= 11 is 1.35. The topological polar surface area (TPSA) is 103 Å². The lowest BCUT2D eigenvalue weighted by molar-refractivity contribution is -0.127. The van der Waals surface area contributed by atoms with Gasteiger partial charge in [0.05, 0.1) is 37.6 Å². The molecule has 1 aromatic carbocycles. The molecule has 3 aromatic rings. The number of aryl methyl sites for hydroxylation is 2. The molecule has 2 heterocycles. The molecule has 2 atom stereocenters. The maximum Gasteiger partial charge on any atom is 0.333 e. The summed E-state index contributed by atoms with van der Waals surface area (Å²) in [6, 6.07) is 6.15. The second-order valence-corrected chi connectivity index (χ2v) is 12.1. The normalized spacial score (nSPS) is 13.4. The number of carbonyl (C=O) groups excluding carboxylic acids is 1. The van der Waals surface area contributed by atoms with Crippen molar-refractivity contribution < 1.29 is 18.7 Å². The van der Waals surface area contributed by atoms with Gasteiger partial charge in [0.25, 0.3) is 5.56 Å². The molecule has 0 amide bonds. The Kier molecular flexibility index (Phi) is 9.75. The molecule has 0 bridgehead atoms. The number of Topliss-reactive ketones (excluding diaryl/α,β-unsaturated/α-hetero) is 1. The van der Waals surface area contributed by atoms with Gasteiger partial charge in [0.2, 0.25) is 0 Å². The summed E-state index contributed by atoms with van der Waals surface area (Å²) in [6.45, 7) is 12.5. The third kappa shape index (κ3) is 6.06. The van der Waals surface area contributed by atoms with Gasteiger partial charge in [-0.05, 0) is 63.8 Å². The van der Waals surface area contributed by atoms with Crippen LogP contribution in [0.2, 0.25) is 0 Å². The molecular formula is C30H38FN3O5S. The summed E-state index contributed by atoms with van der Waals surface area (Å²) in [5, 5.41) is 9.71. The molecule has 0 N–H and O–H groups in total. The van der Waals surface area contributed by atoms with Crippen LogP contribution in [-0.2, 0) is 28.0 Å². The molecule has 10 heteroatoms. The zero-order valence-corrected chi connectivity index (χ0v) is 25.3. The monoisotopic (exact) mass is 571 g/mol. The molecule has 0 spiro atoms. The van der Waals surface area contributed by atoms with E-state index in [1.807, 2.05) is 27.7 Å². The van der Waals surface area contributed by atoms with Crippen LogP contribution < -0.4 is 16.0 Å². The van der Waals surface area contributed by atoms with Crippen molar-refractivity contribution in [3.8, 4) is 11.8 Å². The molecule has 40 heavy (non-hydrogen) atoms. The molecule has 2 aromatic heterocycles. The molecule has 3 rings (SSSR count). The first-order valence-corrected chi connectivity index (χ1v) is 14.3. The Hall–Kier alpha value is -3.29. The van der Waals surface area contributed by atoms with Crippen LogP contribution in [0, 0.1) is 35.9 Å². The Morgan fingerprint density at radius 1 is 1.23 bits per heavy atom. The SMILES string of the molecule is CCc1sc2c(c1C)c(=O)n(C(C)(C)C(=O)CC(C)C)c(=O)n2C[C@H](OCC(C)C#N)c1cc(F)ccc1OC. The van der Waals surface area contributed by atoms with Gasteiger partial charge in [-0.15, -0.1) is 11.3 Å². The standard InChI is InChI=1S/C30H38FN3O5S/c1-9-24-19(5)26-27(36)34(30(6,7)25(35)12-17(2)3)29(37)33(28(26)40-24)15-23(39-16-18(4)14-32)21-13-20(31)10-11-22(21)38-8/h10-11,13,17-18,23H,9,12,15-16H2,1-8H3/t18?,23-/m0/s1. The molecule has 1 unspecified atom stereocenters. The third-order valence-corrected chi connectivity index (χ3v) is 8.58. The number of benzene rings is 1. The first kappa shape index (κ1) is 31.2. The lowest BCUT2D eigenvalue weighted by Crippen LogP contribution is -2.53. The Bertz CT molecular complexity index is 1560. The fourth-order valence-corrected chi connectivity index (χ4v) is 6.03. The number of carbonyl (C=O) groups is 1. The van der Waals surface area contributed by atoms with Gasteiger partial charge in [-0.1, -0.05) is 20.8 Å². The summed E-state index contributed by atoms with van der Waals surface area (Å²) in [6.07, 6.45) is -0.0284. The van der Waals surface area contributed by atoms with Gasteiger partial charge in [0.1, 0.15) is 28.0 Å². The molecule has 0 saturated carbocycles. The lowest BCUT2D eigenvalue weighted by atomic mass is 9.91. The van der Waals surface area contributed by atoms with Gasteiger partial charge < -0.3 is 9.47 Å². The van der Waals surface area contributed by atoms with Gasteiger partial charge in [-0.2, -0.15) is 5.26 Å². The van der Waals surface area contributed by atoms with Crippen LogP contribution in [0.25, 0.3) is 10.2 Å². The van der Waals surface area contributed by atoms with Crippen molar-refractivity contribution in [3.63, 3.8) is 0 Å². The first-order valence-electron chi connectivity index (χ1n) is 13.4. The molecule has 0 aliphatic heterocycles. The van der Waals surface area contributed by atoms with Crippen LogP contribution in [0.3, 0.4) is 0 Å². The van der Waals surface area contributed by atoms with Crippen molar-refractivity contribution in [3.05, 3.63) is 60.9 Å². The predicted molar refractivity (Wildman–Crippen MR) is 155 cm³/mol. The Morgan fingerprint density at radius 3 is 2.48 bits per heavy atom. The highest BCUT2D eigenvalue weighted by Gasteiger charge is 2.35. The number of halogens is 1. The fraction of sp³-hybridized carbons (Fsp3) is 0.533. The van der Waals surface area contributed by atoms with E-state index in [4.69, 9.17) is 9.47 Å². The van der Waals surface area contributed by atoms with Crippen LogP contribution in [0.4, 0.5) is 4.39 Å². The molecule has 0 fully saturated rings. The molecule has 0 radical (unpaired) electrons. The molecule has 0 aliphatic carbocycles. The second-order valence-electron chi connectivity index (χ2n) is 11.0. The summed E-state index contributed by atoms with van der Waals surface area (Å²) < 4.78 is 28.5. The van der Waals surface area contributed by atoms with E-state index < -0.39 is 34.6 Å². The van der Waals surface area contributed by atoms with E-state index in [0.717, 1.165) is 15.0 Å². The minimum Gasteiger partial charge on any atom is -0.496 e. The minimum atomic E-state index is -1.41. The van der Waals surface area contributed by atoms with E-state index in [0.29, 0.717) is 28.0 Å². The number of thiophene rings is 1. The minimum absolute atomic E-state index is 0.0282. The number of hydrogen-bond acceptors (Lipinski definition) is 7. The van der Waals surface area contributed by atoms with E-state index >= 15 is 0 Å². The first-order chi connectivity index (χ1) is 18.8. The lowest BCUT2D eigenvalue weighted by Gasteiger charge is -2.28. The van der Waals surface area contributed by atoms with Crippen LogP contribution >= 0.6 is 11.3 Å². The summed E-state index contributed by atoms with van der Waals surface area (Å²) in [4.78, 5) is 42.9. The number of nitrogens with zero attached hydrogens (tertiary/aromatic N) is 3. The van der Waals surface area contributed by atoms with Gasteiger partial charge >= 0.3 is 5.69 Å². The van der Waals surface area contributed by atoms with Crippen LogP contribution in [-0.4, -0.2) is 28.6 Å². The van der Waals surface area contributed by atoms with Gasteiger partial charge in [0.15, 0.2) is 5.78 Å². The highest BCUT2D eigenvalue weighted by molar-refractivity contribution is 7.18. The van der Waals surface area contributed by atoms with Crippen molar-refractivity contribution in [1.82, 2.24) is 9.13 Å². The Morgan fingerprint density at radius 2 is 1.90 bits per heavy atom. The van der Waals surface area contributed by atoms with Gasteiger partial charge in [-0.25, -0.2) is 13.8 Å². The molecule has 8 nitrogen and oxygen atoms in total. The highest BCUT2D eigenvalue weighted by Crippen LogP contribution is 2.34. The van der Waals surface area contributed by atoms with E-state index in [-0.39, 0.29) is 31.3 Å². The number of nitriles is 1. The maximum absolute atomic E-state index is 14.4. The molecule has 0 aliphatic rings. The largest absolute Gasteiger partial charge is 0.496 e.